The Morgan fingerprint density at radius 2 is 2.17 bits per heavy atom. The number of hydrogen-bond donors (Lipinski definition) is 1. The van der Waals surface area contributed by atoms with E-state index in [9.17, 15) is 9.65 Å². The Morgan fingerprint density at radius 1 is 1.33 bits per heavy atom. The van der Waals surface area contributed by atoms with Crippen molar-refractivity contribution in [2.24, 2.45) is 0 Å². The summed E-state index contributed by atoms with van der Waals surface area (Å²) in [5.74, 6) is -0.398. The first-order valence-corrected chi connectivity index (χ1v) is 6.39. The first kappa shape index (κ1) is 13.3. The van der Waals surface area contributed by atoms with Crippen LogP contribution in [-0.4, -0.2) is 31.1 Å². The largest absolute Gasteiger partial charge is 0.315 e. The second-order valence-electron chi connectivity index (χ2n) is 4.37. The predicted octanol–water partition coefficient (Wildman–Crippen LogP) is 2.34. The molecule has 1 heterocycles. The van der Waals surface area contributed by atoms with Crippen LogP contribution in [-0.2, 0) is 0 Å². The van der Waals surface area contributed by atoms with Crippen LogP contribution in [0.15, 0.2) is 18.2 Å². The Labute approximate surface area is 111 Å². The van der Waals surface area contributed by atoms with Crippen molar-refractivity contribution >= 4 is 11.6 Å². The molecule has 0 amide bonds. The monoisotopic (exact) mass is 267 g/mol. The van der Waals surface area contributed by atoms with Crippen LogP contribution in [0.2, 0.25) is 5.02 Å². The van der Waals surface area contributed by atoms with Gasteiger partial charge in [-0.2, -0.15) is 5.26 Å². The fraction of sp³-hybridized carbons (Fsp3) is 0.462. The molecular weight excluding hydrogens is 253 g/mol. The Balaban J connectivity index is 2.24. The zero-order valence-corrected chi connectivity index (χ0v) is 10.8. The lowest BCUT2D eigenvalue weighted by Gasteiger charge is -2.25. The van der Waals surface area contributed by atoms with Crippen molar-refractivity contribution in [1.82, 2.24) is 10.2 Å². The topological polar surface area (TPSA) is 39.1 Å². The van der Waals surface area contributed by atoms with Gasteiger partial charge in [0.1, 0.15) is 11.9 Å². The molecule has 0 saturated carbocycles. The summed E-state index contributed by atoms with van der Waals surface area (Å²) in [6, 6.07) is 6.11. The standard InChI is InChI=1S/C13H15ClFN3/c14-11-6-10(7-12(15)8-11)13(9-16)18-4-1-2-17-3-5-18/h6-8,13,17H,1-5H2. The average Bonchev–Trinajstić information content (AvgIpc) is 2.58. The molecule has 0 bridgehead atoms. The van der Waals surface area contributed by atoms with Crippen molar-refractivity contribution < 1.29 is 4.39 Å². The SMILES string of the molecule is N#CC(c1cc(F)cc(Cl)c1)N1CCCNCC1. The van der Waals surface area contributed by atoms with Gasteiger partial charge >= 0.3 is 0 Å². The van der Waals surface area contributed by atoms with Crippen molar-refractivity contribution in [2.75, 3.05) is 26.2 Å². The number of nitriles is 1. The zero-order chi connectivity index (χ0) is 13.0. The van der Waals surface area contributed by atoms with E-state index in [1.54, 1.807) is 6.07 Å². The molecule has 5 heteroatoms. The molecule has 1 fully saturated rings. The van der Waals surface area contributed by atoms with Crippen LogP contribution in [0.4, 0.5) is 4.39 Å². The Hall–Kier alpha value is -1.15. The van der Waals surface area contributed by atoms with Crippen molar-refractivity contribution in [3.63, 3.8) is 0 Å². The van der Waals surface area contributed by atoms with Gasteiger partial charge in [-0.15, -0.1) is 0 Å². The van der Waals surface area contributed by atoms with Crippen molar-refractivity contribution in [1.29, 1.82) is 5.26 Å². The van der Waals surface area contributed by atoms with Crippen molar-refractivity contribution in [3.05, 3.63) is 34.6 Å². The number of rotatable bonds is 2. The van der Waals surface area contributed by atoms with Gasteiger partial charge in [-0.05, 0) is 36.7 Å². The third-order valence-electron chi connectivity index (χ3n) is 3.06. The van der Waals surface area contributed by atoms with Crippen LogP contribution in [0, 0.1) is 17.1 Å². The lowest BCUT2D eigenvalue weighted by atomic mass is 10.1. The fourth-order valence-electron chi connectivity index (χ4n) is 2.22. The smallest absolute Gasteiger partial charge is 0.125 e. The van der Waals surface area contributed by atoms with E-state index in [1.807, 2.05) is 0 Å². The molecular formula is C13H15ClFN3. The molecule has 0 aliphatic carbocycles. The third kappa shape index (κ3) is 3.20. The minimum absolute atomic E-state index is 0.332. The van der Waals surface area contributed by atoms with E-state index >= 15 is 0 Å². The van der Waals surface area contributed by atoms with Gasteiger partial charge in [0.05, 0.1) is 6.07 Å². The maximum atomic E-state index is 13.3. The summed E-state index contributed by atoms with van der Waals surface area (Å²) in [5, 5.41) is 12.9. The number of halogens is 2. The molecule has 3 nitrogen and oxygen atoms in total. The summed E-state index contributed by atoms with van der Waals surface area (Å²) < 4.78 is 13.3. The quantitative estimate of drug-likeness (QED) is 0.894. The molecule has 1 unspecified atom stereocenters. The first-order valence-electron chi connectivity index (χ1n) is 6.01. The average molecular weight is 268 g/mol. The van der Waals surface area contributed by atoms with Gasteiger partial charge in [0, 0.05) is 24.7 Å². The fourth-order valence-corrected chi connectivity index (χ4v) is 2.46. The normalized spacial score (nSPS) is 18.9. The van der Waals surface area contributed by atoms with Gasteiger partial charge < -0.3 is 5.32 Å². The highest BCUT2D eigenvalue weighted by Crippen LogP contribution is 2.24. The van der Waals surface area contributed by atoms with E-state index < -0.39 is 11.9 Å². The molecule has 0 radical (unpaired) electrons. The number of benzene rings is 1. The second-order valence-corrected chi connectivity index (χ2v) is 4.81. The Kier molecular flexibility index (Phi) is 4.54. The highest BCUT2D eigenvalue weighted by atomic mass is 35.5. The molecule has 1 saturated heterocycles. The summed E-state index contributed by atoms with van der Waals surface area (Å²) in [6.07, 6.45) is 0.987. The molecule has 1 atom stereocenters. The maximum absolute atomic E-state index is 13.3. The van der Waals surface area contributed by atoms with Crippen LogP contribution < -0.4 is 5.32 Å². The highest BCUT2D eigenvalue weighted by molar-refractivity contribution is 6.30. The van der Waals surface area contributed by atoms with Crippen molar-refractivity contribution in [2.45, 2.75) is 12.5 Å². The third-order valence-corrected chi connectivity index (χ3v) is 3.28. The van der Waals surface area contributed by atoms with Gasteiger partial charge in [-0.1, -0.05) is 11.6 Å². The lowest BCUT2D eigenvalue weighted by molar-refractivity contribution is 0.252. The van der Waals surface area contributed by atoms with Gasteiger partial charge in [-0.3, -0.25) is 4.90 Å². The Bertz CT molecular complexity index is 430. The maximum Gasteiger partial charge on any atom is 0.125 e. The van der Waals surface area contributed by atoms with Gasteiger partial charge in [0.25, 0.3) is 0 Å². The van der Waals surface area contributed by atoms with E-state index in [4.69, 9.17) is 11.6 Å². The lowest BCUT2D eigenvalue weighted by Crippen LogP contribution is -2.31. The molecule has 1 aromatic carbocycles. The summed E-state index contributed by atoms with van der Waals surface area (Å²) in [7, 11) is 0. The van der Waals surface area contributed by atoms with Crippen molar-refractivity contribution in [3.8, 4) is 6.07 Å². The summed E-state index contributed by atoms with van der Waals surface area (Å²) in [5.41, 5.74) is 0.629. The molecule has 18 heavy (non-hydrogen) atoms. The first-order chi connectivity index (χ1) is 8.70. The Morgan fingerprint density at radius 3 is 2.89 bits per heavy atom. The summed E-state index contributed by atoms with van der Waals surface area (Å²) in [6.45, 7) is 3.42. The summed E-state index contributed by atoms with van der Waals surface area (Å²) >= 11 is 5.84. The molecule has 96 valence electrons. The zero-order valence-electron chi connectivity index (χ0n) is 10.00. The predicted molar refractivity (Wildman–Crippen MR) is 68.8 cm³/mol. The molecule has 1 N–H and O–H groups in total. The van der Waals surface area contributed by atoms with E-state index in [2.05, 4.69) is 16.3 Å². The molecule has 0 spiro atoms. The van der Waals surface area contributed by atoms with Gasteiger partial charge in [-0.25, -0.2) is 4.39 Å². The van der Waals surface area contributed by atoms with Crippen LogP contribution in [0.1, 0.15) is 18.0 Å². The number of nitrogens with one attached hydrogen (secondary N) is 1. The van der Waals surface area contributed by atoms with E-state index in [1.165, 1.54) is 12.1 Å². The van der Waals surface area contributed by atoms with E-state index in [-0.39, 0.29) is 0 Å². The minimum atomic E-state index is -0.432. The van der Waals surface area contributed by atoms with Gasteiger partial charge in [0.2, 0.25) is 0 Å². The molecule has 1 aromatic rings. The molecule has 2 rings (SSSR count). The molecule has 0 aromatic heterocycles. The van der Waals surface area contributed by atoms with E-state index in [0.29, 0.717) is 10.6 Å². The van der Waals surface area contributed by atoms with Crippen LogP contribution in [0.5, 0.6) is 0 Å². The highest BCUT2D eigenvalue weighted by Gasteiger charge is 2.21. The molecule has 1 aliphatic rings. The molecule has 1 aliphatic heterocycles. The second kappa shape index (κ2) is 6.14. The number of nitrogens with zero attached hydrogens (tertiary/aromatic N) is 2. The summed E-state index contributed by atoms with van der Waals surface area (Å²) in [4.78, 5) is 2.06. The van der Waals surface area contributed by atoms with E-state index in [0.717, 1.165) is 32.6 Å². The van der Waals surface area contributed by atoms with Crippen LogP contribution in [0.25, 0.3) is 0 Å². The van der Waals surface area contributed by atoms with Crippen LogP contribution >= 0.6 is 11.6 Å². The number of hydrogen-bond acceptors (Lipinski definition) is 3. The van der Waals surface area contributed by atoms with Gasteiger partial charge in [0.15, 0.2) is 0 Å². The minimum Gasteiger partial charge on any atom is -0.315 e. The van der Waals surface area contributed by atoms with Crippen LogP contribution in [0.3, 0.4) is 0 Å².